The molecule has 0 aliphatic rings. The van der Waals surface area contributed by atoms with E-state index in [9.17, 15) is 13.2 Å². The molecule has 0 spiro atoms. The Morgan fingerprint density at radius 1 is 0.958 bits per heavy atom. The topological polar surface area (TPSA) is 9.23 Å². The molecule has 24 heavy (non-hydrogen) atoms. The molecule has 0 amide bonds. The number of ether oxygens (including phenoxy) is 1. The first-order chi connectivity index (χ1) is 11.5. The van der Waals surface area contributed by atoms with Crippen LogP contribution in [0, 0.1) is 20.3 Å². The molecule has 1 aromatic heterocycles. The predicted octanol–water partition coefficient (Wildman–Crippen LogP) is 6.50. The summed E-state index contributed by atoms with van der Waals surface area (Å²) >= 11 is 3.63. The Labute approximate surface area is 155 Å². The molecule has 3 rings (SSSR count). The highest BCUT2D eigenvalue weighted by Crippen LogP contribution is 2.35. The van der Waals surface area contributed by atoms with Gasteiger partial charge < -0.3 is 4.74 Å². The number of thiophene rings is 1. The first kappa shape index (κ1) is 17.3. The van der Waals surface area contributed by atoms with Crippen LogP contribution in [0.4, 0.5) is 13.2 Å². The van der Waals surface area contributed by atoms with E-state index in [1.807, 2.05) is 12.1 Å². The average Bonchev–Trinajstić information content (AvgIpc) is 2.98. The fourth-order valence-corrected chi connectivity index (χ4v) is 4.01. The van der Waals surface area contributed by atoms with E-state index in [4.69, 9.17) is 4.74 Å². The van der Waals surface area contributed by atoms with Crippen molar-refractivity contribution < 1.29 is 17.9 Å². The zero-order chi connectivity index (χ0) is 17.3. The number of benzene rings is 2. The van der Waals surface area contributed by atoms with Crippen molar-refractivity contribution in [1.29, 1.82) is 0 Å². The highest BCUT2D eigenvalue weighted by molar-refractivity contribution is 14.1. The molecule has 0 aliphatic carbocycles. The van der Waals surface area contributed by atoms with E-state index in [-0.39, 0.29) is 23.5 Å². The average molecular weight is 460 g/mol. The minimum atomic E-state index is -1.06. The van der Waals surface area contributed by atoms with Gasteiger partial charge in [0.25, 0.3) is 0 Å². The van der Waals surface area contributed by atoms with Gasteiger partial charge in [0.15, 0.2) is 11.6 Å². The minimum Gasteiger partial charge on any atom is -0.491 e. The summed E-state index contributed by atoms with van der Waals surface area (Å²) in [6.07, 6.45) is 0. The lowest BCUT2D eigenvalue weighted by atomic mass is 10.0. The molecule has 1 heterocycles. The van der Waals surface area contributed by atoms with Crippen molar-refractivity contribution in [2.24, 2.45) is 0 Å². The molecule has 6 heteroatoms. The SMILES string of the molecule is CCOc1ccc(-c2ccc(-c3ccc(I)s3)c(F)c2)c(F)c1F. The Morgan fingerprint density at radius 3 is 2.33 bits per heavy atom. The molecule has 2 aromatic carbocycles. The van der Waals surface area contributed by atoms with Crippen molar-refractivity contribution in [2.45, 2.75) is 6.92 Å². The molecule has 0 bridgehead atoms. The van der Waals surface area contributed by atoms with Gasteiger partial charge in [-0.1, -0.05) is 6.07 Å². The van der Waals surface area contributed by atoms with Crippen molar-refractivity contribution in [3.05, 3.63) is 62.8 Å². The van der Waals surface area contributed by atoms with Crippen LogP contribution in [0.2, 0.25) is 0 Å². The van der Waals surface area contributed by atoms with Crippen LogP contribution in [0.5, 0.6) is 5.75 Å². The Kier molecular flexibility index (Phi) is 5.15. The maximum atomic E-state index is 14.4. The summed E-state index contributed by atoms with van der Waals surface area (Å²) in [6.45, 7) is 1.92. The molecule has 0 saturated carbocycles. The normalized spacial score (nSPS) is 10.9. The fraction of sp³-hybridized carbons (Fsp3) is 0.111. The Balaban J connectivity index is 2.02. The maximum absolute atomic E-state index is 14.4. The highest BCUT2D eigenvalue weighted by Gasteiger charge is 2.17. The smallest absolute Gasteiger partial charge is 0.201 e. The summed E-state index contributed by atoms with van der Waals surface area (Å²) in [6, 6.07) is 10.9. The third-order valence-corrected chi connectivity index (χ3v) is 5.39. The predicted molar refractivity (Wildman–Crippen MR) is 99.0 cm³/mol. The minimum absolute atomic E-state index is 0.00200. The standard InChI is InChI=1S/C18H12F3IOS/c1-2-23-14-6-5-11(17(20)18(14)21)10-3-4-12(13(19)9-10)15-7-8-16(22)24-15/h3-9H,2H2,1H3. The summed E-state index contributed by atoms with van der Waals surface area (Å²) in [5, 5.41) is 0. The lowest BCUT2D eigenvalue weighted by molar-refractivity contribution is 0.314. The van der Waals surface area contributed by atoms with Crippen LogP contribution in [0.25, 0.3) is 21.6 Å². The Hall–Kier alpha value is -1.54. The van der Waals surface area contributed by atoms with Crippen LogP contribution in [-0.2, 0) is 0 Å². The van der Waals surface area contributed by atoms with Crippen molar-refractivity contribution in [3.63, 3.8) is 0 Å². The number of hydrogen-bond donors (Lipinski definition) is 0. The maximum Gasteiger partial charge on any atom is 0.201 e. The number of hydrogen-bond acceptors (Lipinski definition) is 2. The molecule has 0 unspecified atom stereocenters. The second-order valence-electron chi connectivity index (χ2n) is 4.97. The zero-order valence-electron chi connectivity index (χ0n) is 12.6. The first-order valence-corrected chi connectivity index (χ1v) is 9.07. The third-order valence-electron chi connectivity index (χ3n) is 3.47. The van der Waals surface area contributed by atoms with Gasteiger partial charge in [-0.15, -0.1) is 11.3 Å². The number of rotatable bonds is 4. The summed E-state index contributed by atoms with van der Waals surface area (Å²) < 4.78 is 48.7. The number of halogens is 4. The third kappa shape index (κ3) is 3.30. The van der Waals surface area contributed by atoms with Gasteiger partial charge >= 0.3 is 0 Å². The molecular formula is C18H12F3IOS. The van der Waals surface area contributed by atoms with Crippen LogP contribution >= 0.6 is 33.9 Å². The van der Waals surface area contributed by atoms with Crippen LogP contribution < -0.4 is 4.74 Å². The fourth-order valence-electron chi connectivity index (χ4n) is 2.36. The van der Waals surface area contributed by atoms with E-state index in [0.29, 0.717) is 5.56 Å². The molecule has 0 N–H and O–H groups in total. The molecule has 0 fully saturated rings. The van der Waals surface area contributed by atoms with Crippen molar-refractivity contribution >= 4 is 33.9 Å². The van der Waals surface area contributed by atoms with E-state index in [1.165, 1.54) is 29.5 Å². The van der Waals surface area contributed by atoms with Gasteiger partial charge in [-0.2, -0.15) is 4.39 Å². The largest absolute Gasteiger partial charge is 0.491 e. The van der Waals surface area contributed by atoms with E-state index < -0.39 is 17.5 Å². The summed E-state index contributed by atoms with van der Waals surface area (Å²) in [5.41, 5.74) is 0.725. The van der Waals surface area contributed by atoms with Gasteiger partial charge in [0, 0.05) is 16.0 Å². The summed E-state index contributed by atoms with van der Waals surface area (Å²) in [5.74, 6) is -2.73. The lowest BCUT2D eigenvalue weighted by Gasteiger charge is -2.10. The molecule has 0 saturated heterocycles. The van der Waals surface area contributed by atoms with Gasteiger partial charge in [-0.05, 0) is 71.5 Å². The molecule has 1 nitrogen and oxygen atoms in total. The van der Waals surface area contributed by atoms with Gasteiger partial charge in [0.1, 0.15) is 5.82 Å². The molecular weight excluding hydrogens is 448 g/mol. The van der Waals surface area contributed by atoms with Crippen LogP contribution in [0.1, 0.15) is 6.92 Å². The van der Waals surface area contributed by atoms with Gasteiger partial charge in [0.2, 0.25) is 5.82 Å². The molecule has 0 aliphatic heterocycles. The van der Waals surface area contributed by atoms with E-state index in [1.54, 1.807) is 19.1 Å². The zero-order valence-corrected chi connectivity index (χ0v) is 15.6. The quantitative estimate of drug-likeness (QED) is 0.404. The van der Waals surface area contributed by atoms with Crippen LogP contribution in [0.15, 0.2) is 42.5 Å². The van der Waals surface area contributed by atoms with E-state index >= 15 is 0 Å². The monoisotopic (exact) mass is 460 g/mol. The summed E-state index contributed by atoms with van der Waals surface area (Å²) in [4.78, 5) is 0.793. The van der Waals surface area contributed by atoms with Crippen molar-refractivity contribution in [3.8, 4) is 27.3 Å². The van der Waals surface area contributed by atoms with E-state index in [0.717, 1.165) is 7.76 Å². The van der Waals surface area contributed by atoms with Crippen LogP contribution in [-0.4, -0.2) is 6.61 Å². The molecule has 3 aromatic rings. The molecule has 124 valence electrons. The highest BCUT2D eigenvalue weighted by atomic mass is 127. The Bertz CT molecular complexity index is 892. The first-order valence-electron chi connectivity index (χ1n) is 7.17. The van der Waals surface area contributed by atoms with Gasteiger partial charge in [-0.25, -0.2) is 8.78 Å². The molecule has 0 atom stereocenters. The van der Waals surface area contributed by atoms with E-state index in [2.05, 4.69) is 22.6 Å². The summed E-state index contributed by atoms with van der Waals surface area (Å²) in [7, 11) is 0. The van der Waals surface area contributed by atoms with Crippen molar-refractivity contribution in [2.75, 3.05) is 6.61 Å². The second-order valence-corrected chi connectivity index (χ2v) is 7.95. The van der Waals surface area contributed by atoms with Gasteiger partial charge in [0.05, 0.1) is 9.49 Å². The lowest BCUT2D eigenvalue weighted by Crippen LogP contribution is -1.98. The second kappa shape index (κ2) is 7.14. The van der Waals surface area contributed by atoms with Crippen LogP contribution in [0.3, 0.4) is 0 Å². The molecule has 0 radical (unpaired) electrons. The van der Waals surface area contributed by atoms with Crippen molar-refractivity contribution in [1.82, 2.24) is 0 Å². The Morgan fingerprint density at radius 2 is 1.71 bits per heavy atom. The van der Waals surface area contributed by atoms with Gasteiger partial charge in [-0.3, -0.25) is 0 Å².